The lowest BCUT2D eigenvalue weighted by Crippen LogP contribution is -2.41. The Hall–Kier alpha value is -3.98. The first kappa shape index (κ1) is 24.7. The molecule has 2 aliphatic heterocycles. The summed E-state index contributed by atoms with van der Waals surface area (Å²) in [5.41, 5.74) is 5.38. The third-order valence-electron chi connectivity index (χ3n) is 7.26. The van der Waals surface area contributed by atoms with Gasteiger partial charge in [-0.05, 0) is 55.6 Å². The first-order valence-electron chi connectivity index (χ1n) is 12.7. The summed E-state index contributed by atoms with van der Waals surface area (Å²) in [4.78, 5) is 41.9. The van der Waals surface area contributed by atoms with E-state index in [2.05, 4.69) is 63.0 Å². The Morgan fingerprint density at radius 1 is 1.11 bits per heavy atom. The highest BCUT2D eigenvalue weighted by Crippen LogP contribution is 2.25. The molecule has 5 rings (SSSR count). The lowest BCUT2D eigenvalue weighted by molar-refractivity contribution is -0.132. The number of carbonyl (C=O) groups is 3. The normalized spacial score (nSPS) is 18.1. The summed E-state index contributed by atoms with van der Waals surface area (Å²) in [7, 11) is 1.55. The molecule has 0 saturated carbocycles. The van der Waals surface area contributed by atoms with Crippen LogP contribution in [0.15, 0.2) is 48.5 Å². The number of likely N-dealkylation sites (tertiary alicyclic amines) is 1. The maximum Gasteiger partial charge on any atom is 0.272 e. The van der Waals surface area contributed by atoms with Gasteiger partial charge in [-0.15, -0.1) is 0 Å². The van der Waals surface area contributed by atoms with Crippen LogP contribution in [-0.2, 0) is 9.59 Å². The number of amides is 3. The number of aromatic amines is 1. The van der Waals surface area contributed by atoms with Crippen molar-refractivity contribution in [3.05, 3.63) is 65.4 Å². The largest absolute Gasteiger partial charge is 0.354 e. The van der Waals surface area contributed by atoms with E-state index in [-0.39, 0.29) is 29.3 Å². The minimum atomic E-state index is -0.290. The van der Waals surface area contributed by atoms with Crippen molar-refractivity contribution in [2.24, 2.45) is 5.92 Å². The first-order valence-corrected chi connectivity index (χ1v) is 12.7. The van der Waals surface area contributed by atoms with Gasteiger partial charge in [-0.25, -0.2) is 0 Å². The number of carbonyl (C=O) groups excluding carboxylic acids is 3. The van der Waals surface area contributed by atoms with Crippen LogP contribution in [0.25, 0.3) is 16.5 Å². The molecule has 0 unspecified atom stereocenters. The Bertz CT molecular complexity index is 1360. The number of rotatable bonds is 6. The fourth-order valence-electron chi connectivity index (χ4n) is 5.03. The summed E-state index contributed by atoms with van der Waals surface area (Å²) in [5.74, 6) is -0.461. The summed E-state index contributed by atoms with van der Waals surface area (Å²) in [5, 5.41) is 13.1. The van der Waals surface area contributed by atoms with Gasteiger partial charge >= 0.3 is 0 Å². The Morgan fingerprint density at radius 3 is 2.65 bits per heavy atom. The van der Waals surface area contributed by atoms with Crippen molar-refractivity contribution in [1.82, 2.24) is 25.3 Å². The van der Waals surface area contributed by atoms with Gasteiger partial charge in [0.2, 0.25) is 11.8 Å². The van der Waals surface area contributed by atoms with E-state index in [9.17, 15) is 14.4 Å². The van der Waals surface area contributed by atoms with E-state index >= 15 is 0 Å². The Kier molecular flexibility index (Phi) is 7.05. The van der Waals surface area contributed by atoms with E-state index in [4.69, 9.17) is 0 Å². The molecule has 3 N–H and O–H groups in total. The highest BCUT2D eigenvalue weighted by molar-refractivity contribution is 6.06. The summed E-state index contributed by atoms with van der Waals surface area (Å²) < 4.78 is 0. The van der Waals surface area contributed by atoms with Crippen molar-refractivity contribution in [2.75, 3.05) is 45.1 Å². The van der Waals surface area contributed by atoms with Gasteiger partial charge in [-0.2, -0.15) is 5.10 Å². The van der Waals surface area contributed by atoms with Crippen molar-refractivity contribution in [3.63, 3.8) is 0 Å². The number of hydrogen-bond acceptors (Lipinski definition) is 5. The maximum atomic E-state index is 12.9. The summed E-state index contributed by atoms with van der Waals surface area (Å²) in [6.45, 7) is 5.00. The first-order chi connectivity index (χ1) is 17.9. The lowest BCUT2D eigenvalue weighted by atomic mass is 9.98. The highest BCUT2D eigenvalue weighted by atomic mass is 16.2. The second kappa shape index (κ2) is 10.6. The lowest BCUT2D eigenvalue weighted by Gasteiger charge is -2.28. The molecule has 3 amide bonds. The van der Waals surface area contributed by atoms with Crippen LogP contribution >= 0.6 is 0 Å². The van der Waals surface area contributed by atoms with E-state index in [0.29, 0.717) is 50.2 Å². The molecule has 0 radical (unpaired) electrons. The molecule has 1 saturated heterocycles. The second-order valence-electron chi connectivity index (χ2n) is 9.81. The smallest absolute Gasteiger partial charge is 0.272 e. The fourth-order valence-corrected chi connectivity index (χ4v) is 5.03. The molecule has 0 bridgehead atoms. The monoisotopic (exact) mass is 500 g/mol. The van der Waals surface area contributed by atoms with Gasteiger partial charge in [0.1, 0.15) is 0 Å². The molecular weight excluding hydrogens is 468 g/mol. The number of aryl methyl sites for hydroxylation is 1. The molecule has 192 valence electrons. The molecule has 37 heavy (non-hydrogen) atoms. The molecule has 2 aromatic carbocycles. The van der Waals surface area contributed by atoms with E-state index in [1.54, 1.807) is 25.2 Å². The van der Waals surface area contributed by atoms with Crippen molar-refractivity contribution in [1.29, 1.82) is 0 Å². The van der Waals surface area contributed by atoms with Crippen LogP contribution in [0.3, 0.4) is 0 Å². The molecule has 9 heteroatoms. The number of nitrogens with zero attached hydrogens (tertiary/aromatic N) is 3. The van der Waals surface area contributed by atoms with Crippen molar-refractivity contribution in [3.8, 4) is 0 Å². The zero-order valence-corrected chi connectivity index (χ0v) is 21.2. The van der Waals surface area contributed by atoms with Crippen LogP contribution in [-0.4, -0.2) is 77.5 Å². The quantitative estimate of drug-likeness (QED) is 0.482. The number of H-pyrrole nitrogens is 1. The third-order valence-corrected chi connectivity index (χ3v) is 7.26. The second-order valence-corrected chi connectivity index (χ2v) is 9.81. The molecule has 1 aromatic heterocycles. The standard InChI is InChI=1S/C28H32N6O3/c1-18-3-5-19(6-4-18)20-10-13-34(14-11-20)25(35)17-33-12-9-21(16-33)27(36)30-22-7-8-24-23(15-22)26(32-31-24)28(37)29-2/h3-8,10,15,21H,9,11-14,16-17H2,1-2H3,(H,29,37)(H,30,36)(H,31,32)/t21-/m1/s1. The van der Waals surface area contributed by atoms with E-state index in [1.165, 1.54) is 16.7 Å². The topological polar surface area (TPSA) is 110 Å². The number of anilines is 1. The summed E-state index contributed by atoms with van der Waals surface area (Å²) >= 11 is 0. The number of fused-ring (bicyclic) bond motifs is 1. The third kappa shape index (κ3) is 5.41. The Balaban J connectivity index is 1.14. The van der Waals surface area contributed by atoms with Crippen molar-refractivity contribution < 1.29 is 14.4 Å². The number of nitrogens with one attached hydrogen (secondary N) is 3. The molecule has 3 heterocycles. The van der Waals surface area contributed by atoms with Crippen LogP contribution < -0.4 is 10.6 Å². The molecule has 0 spiro atoms. The Labute approximate surface area is 215 Å². The predicted molar refractivity (Wildman–Crippen MR) is 143 cm³/mol. The minimum Gasteiger partial charge on any atom is -0.354 e. The maximum absolute atomic E-state index is 12.9. The predicted octanol–water partition coefficient (Wildman–Crippen LogP) is 2.81. The van der Waals surface area contributed by atoms with E-state index in [0.717, 1.165) is 11.9 Å². The molecule has 1 fully saturated rings. The van der Waals surface area contributed by atoms with Crippen LogP contribution in [0.2, 0.25) is 0 Å². The van der Waals surface area contributed by atoms with Gasteiger partial charge in [-0.3, -0.25) is 24.4 Å². The zero-order valence-electron chi connectivity index (χ0n) is 21.2. The SMILES string of the molecule is CNC(=O)c1n[nH]c2ccc(NC(=O)[C@@H]3CCN(CC(=O)N4CC=C(c5ccc(C)cc5)CC4)C3)cc12. The number of benzene rings is 2. The van der Waals surface area contributed by atoms with Gasteiger partial charge in [0.25, 0.3) is 5.91 Å². The Morgan fingerprint density at radius 2 is 1.92 bits per heavy atom. The fraction of sp³-hybridized carbons (Fsp3) is 0.357. The van der Waals surface area contributed by atoms with Crippen molar-refractivity contribution >= 4 is 39.9 Å². The van der Waals surface area contributed by atoms with Crippen LogP contribution in [0.5, 0.6) is 0 Å². The molecule has 0 aliphatic carbocycles. The molecule has 9 nitrogen and oxygen atoms in total. The van der Waals surface area contributed by atoms with Gasteiger partial charge in [-0.1, -0.05) is 35.9 Å². The molecule has 2 aliphatic rings. The number of aromatic nitrogens is 2. The minimum absolute atomic E-state index is 0.0806. The van der Waals surface area contributed by atoms with Crippen LogP contribution in [0.4, 0.5) is 5.69 Å². The average molecular weight is 501 g/mol. The van der Waals surface area contributed by atoms with Gasteiger partial charge < -0.3 is 15.5 Å². The zero-order chi connectivity index (χ0) is 25.9. The molecule has 1 atom stereocenters. The molecule has 3 aromatic rings. The van der Waals surface area contributed by atoms with E-state index in [1.807, 2.05) is 4.90 Å². The van der Waals surface area contributed by atoms with Crippen molar-refractivity contribution in [2.45, 2.75) is 19.8 Å². The highest BCUT2D eigenvalue weighted by Gasteiger charge is 2.31. The van der Waals surface area contributed by atoms with E-state index < -0.39 is 0 Å². The average Bonchev–Trinajstić information content (AvgIpc) is 3.56. The van der Waals surface area contributed by atoms with Gasteiger partial charge in [0, 0.05) is 37.8 Å². The number of hydrogen-bond donors (Lipinski definition) is 3. The van der Waals surface area contributed by atoms with Gasteiger partial charge in [0.05, 0.1) is 18.0 Å². The summed E-state index contributed by atoms with van der Waals surface area (Å²) in [6.07, 6.45) is 3.70. The summed E-state index contributed by atoms with van der Waals surface area (Å²) in [6, 6.07) is 13.9. The van der Waals surface area contributed by atoms with Crippen LogP contribution in [0, 0.1) is 12.8 Å². The molecular formula is C28H32N6O3. The van der Waals surface area contributed by atoms with Gasteiger partial charge in [0.15, 0.2) is 5.69 Å². The van der Waals surface area contributed by atoms with Crippen LogP contribution in [0.1, 0.15) is 34.5 Å².